The second-order valence-electron chi connectivity index (χ2n) is 6.31. The molecule has 2 fully saturated rings. The van der Waals surface area contributed by atoms with Crippen molar-refractivity contribution in [2.75, 3.05) is 59.9 Å². The number of hydrogen-bond donors (Lipinski definition) is 1. The molecule has 0 atom stereocenters. The normalized spacial score (nSPS) is 26.0. The fourth-order valence-electron chi connectivity index (χ4n) is 3.16. The molecule has 1 saturated heterocycles. The second-order valence-corrected chi connectivity index (χ2v) is 6.31. The lowest BCUT2D eigenvalue weighted by Gasteiger charge is -2.34. The minimum atomic E-state index is -0.392. The summed E-state index contributed by atoms with van der Waals surface area (Å²) < 4.78 is 0. The van der Waals surface area contributed by atoms with Gasteiger partial charge in [-0.2, -0.15) is 0 Å². The summed E-state index contributed by atoms with van der Waals surface area (Å²) in [4.78, 5) is 7.24. The molecule has 1 aliphatic carbocycles. The average Bonchev–Trinajstić information content (AvgIpc) is 2.75. The van der Waals surface area contributed by atoms with Crippen molar-refractivity contribution in [1.82, 2.24) is 14.7 Å². The molecule has 0 unspecified atom stereocenters. The molecule has 0 amide bonds. The highest BCUT2D eigenvalue weighted by Crippen LogP contribution is 2.29. The SMILES string of the molecule is CN1CCN(CCN(C)CC2(O)CCCC2)CC1. The molecule has 0 aromatic carbocycles. The van der Waals surface area contributed by atoms with Crippen LogP contribution in [-0.2, 0) is 0 Å². The summed E-state index contributed by atoms with van der Waals surface area (Å²) in [5, 5.41) is 10.4. The molecule has 18 heavy (non-hydrogen) atoms. The monoisotopic (exact) mass is 255 g/mol. The summed E-state index contributed by atoms with van der Waals surface area (Å²) in [6, 6.07) is 0. The van der Waals surface area contributed by atoms with Crippen LogP contribution in [0.3, 0.4) is 0 Å². The van der Waals surface area contributed by atoms with Crippen LogP contribution >= 0.6 is 0 Å². The van der Waals surface area contributed by atoms with Gasteiger partial charge >= 0.3 is 0 Å². The number of aliphatic hydroxyl groups is 1. The van der Waals surface area contributed by atoms with E-state index >= 15 is 0 Å². The van der Waals surface area contributed by atoms with E-state index in [1.54, 1.807) is 0 Å². The third-order valence-electron chi connectivity index (χ3n) is 4.49. The van der Waals surface area contributed by atoms with E-state index in [0.29, 0.717) is 0 Å². The van der Waals surface area contributed by atoms with Crippen LogP contribution in [0.2, 0.25) is 0 Å². The Kier molecular flexibility index (Phi) is 5.01. The fourth-order valence-corrected chi connectivity index (χ4v) is 3.16. The topological polar surface area (TPSA) is 30.0 Å². The summed E-state index contributed by atoms with van der Waals surface area (Å²) in [5.41, 5.74) is -0.392. The van der Waals surface area contributed by atoms with E-state index in [4.69, 9.17) is 0 Å². The maximum Gasteiger partial charge on any atom is 0.0774 e. The van der Waals surface area contributed by atoms with Gasteiger partial charge in [-0.05, 0) is 26.9 Å². The zero-order valence-corrected chi connectivity index (χ0v) is 12.1. The molecule has 106 valence electrons. The molecule has 1 aliphatic heterocycles. The molecular formula is C14H29N3O. The van der Waals surface area contributed by atoms with Crippen molar-refractivity contribution in [3.8, 4) is 0 Å². The molecule has 2 aliphatic rings. The van der Waals surface area contributed by atoms with Crippen LogP contribution in [-0.4, -0.2) is 85.3 Å². The minimum absolute atomic E-state index is 0.392. The number of nitrogens with zero attached hydrogens (tertiary/aromatic N) is 3. The van der Waals surface area contributed by atoms with Crippen molar-refractivity contribution in [1.29, 1.82) is 0 Å². The highest BCUT2D eigenvalue weighted by atomic mass is 16.3. The van der Waals surface area contributed by atoms with E-state index in [9.17, 15) is 5.11 Å². The van der Waals surface area contributed by atoms with Crippen LogP contribution in [0.4, 0.5) is 0 Å². The molecule has 4 nitrogen and oxygen atoms in total. The predicted molar refractivity (Wildman–Crippen MR) is 74.9 cm³/mol. The van der Waals surface area contributed by atoms with E-state index in [2.05, 4.69) is 28.8 Å². The molecule has 0 spiro atoms. The first kappa shape index (κ1) is 14.3. The quantitative estimate of drug-likeness (QED) is 0.773. The Balaban J connectivity index is 1.64. The van der Waals surface area contributed by atoms with Crippen molar-refractivity contribution in [2.45, 2.75) is 31.3 Å². The third-order valence-corrected chi connectivity index (χ3v) is 4.49. The Morgan fingerprint density at radius 1 is 1.11 bits per heavy atom. The van der Waals surface area contributed by atoms with Crippen LogP contribution in [0.1, 0.15) is 25.7 Å². The van der Waals surface area contributed by atoms with Crippen LogP contribution in [0.15, 0.2) is 0 Å². The molecule has 0 aromatic rings. The van der Waals surface area contributed by atoms with E-state index in [1.807, 2.05) is 0 Å². The zero-order valence-electron chi connectivity index (χ0n) is 12.1. The lowest BCUT2D eigenvalue weighted by Crippen LogP contribution is -2.48. The Morgan fingerprint density at radius 3 is 2.33 bits per heavy atom. The molecule has 1 heterocycles. The first-order chi connectivity index (χ1) is 8.57. The molecule has 1 saturated carbocycles. The van der Waals surface area contributed by atoms with Crippen molar-refractivity contribution in [3.63, 3.8) is 0 Å². The Labute approximate surface area is 112 Å². The van der Waals surface area contributed by atoms with E-state index < -0.39 is 5.60 Å². The smallest absolute Gasteiger partial charge is 0.0774 e. The summed E-state index contributed by atoms with van der Waals surface area (Å²) in [6.07, 6.45) is 4.38. The fraction of sp³-hybridized carbons (Fsp3) is 1.00. The van der Waals surface area contributed by atoms with Gasteiger partial charge in [-0.3, -0.25) is 4.90 Å². The van der Waals surface area contributed by atoms with Gasteiger partial charge in [0.15, 0.2) is 0 Å². The Bertz CT molecular complexity index is 245. The first-order valence-corrected chi connectivity index (χ1v) is 7.39. The lowest BCUT2D eigenvalue weighted by molar-refractivity contribution is 0.0133. The maximum atomic E-state index is 10.4. The molecule has 1 N–H and O–H groups in total. The number of hydrogen-bond acceptors (Lipinski definition) is 4. The van der Waals surface area contributed by atoms with Crippen LogP contribution in [0.25, 0.3) is 0 Å². The van der Waals surface area contributed by atoms with Gasteiger partial charge in [0.1, 0.15) is 0 Å². The number of rotatable bonds is 5. The van der Waals surface area contributed by atoms with Crippen LogP contribution in [0, 0.1) is 0 Å². The van der Waals surface area contributed by atoms with Gasteiger partial charge < -0.3 is 14.9 Å². The standard InChI is InChI=1S/C14H29N3O/c1-15-7-10-17(11-8-15)12-9-16(2)13-14(18)5-3-4-6-14/h18H,3-13H2,1-2H3. The number of piperazine rings is 1. The van der Waals surface area contributed by atoms with Gasteiger partial charge in [0.05, 0.1) is 5.60 Å². The highest BCUT2D eigenvalue weighted by Gasteiger charge is 2.32. The van der Waals surface area contributed by atoms with Crippen molar-refractivity contribution in [3.05, 3.63) is 0 Å². The largest absolute Gasteiger partial charge is 0.389 e. The Morgan fingerprint density at radius 2 is 1.72 bits per heavy atom. The van der Waals surface area contributed by atoms with E-state index in [-0.39, 0.29) is 0 Å². The van der Waals surface area contributed by atoms with Gasteiger partial charge in [-0.15, -0.1) is 0 Å². The van der Waals surface area contributed by atoms with Gasteiger partial charge in [0.2, 0.25) is 0 Å². The second kappa shape index (κ2) is 6.33. The lowest BCUT2D eigenvalue weighted by atomic mass is 10.0. The van der Waals surface area contributed by atoms with Gasteiger partial charge in [-0.1, -0.05) is 12.8 Å². The molecular weight excluding hydrogens is 226 g/mol. The van der Waals surface area contributed by atoms with Gasteiger partial charge in [0, 0.05) is 45.8 Å². The van der Waals surface area contributed by atoms with E-state index in [1.165, 1.54) is 39.0 Å². The Hall–Kier alpha value is -0.160. The molecule has 0 bridgehead atoms. The molecule has 0 aromatic heterocycles. The summed E-state index contributed by atoms with van der Waals surface area (Å²) in [6.45, 7) is 7.82. The van der Waals surface area contributed by atoms with Crippen LogP contribution < -0.4 is 0 Å². The van der Waals surface area contributed by atoms with E-state index in [0.717, 1.165) is 32.5 Å². The van der Waals surface area contributed by atoms with Crippen molar-refractivity contribution < 1.29 is 5.11 Å². The van der Waals surface area contributed by atoms with Crippen molar-refractivity contribution >= 4 is 0 Å². The molecule has 2 rings (SSSR count). The van der Waals surface area contributed by atoms with Gasteiger partial charge in [0.25, 0.3) is 0 Å². The van der Waals surface area contributed by atoms with Crippen LogP contribution in [0.5, 0.6) is 0 Å². The van der Waals surface area contributed by atoms with Crippen molar-refractivity contribution in [2.24, 2.45) is 0 Å². The average molecular weight is 255 g/mol. The van der Waals surface area contributed by atoms with Gasteiger partial charge in [-0.25, -0.2) is 0 Å². The number of likely N-dealkylation sites (N-methyl/N-ethyl adjacent to an activating group) is 2. The summed E-state index contributed by atoms with van der Waals surface area (Å²) >= 11 is 0. The zero-order chi connectivity index (χ0) is 13.0. The maximum absolute atomic E-state index is 10.4. The summed E-state index contributed by atoms with van der Waals surface area (Å²) in [5.74, 6) is 0. The highest BCUT2D eigenvalue weighted by molar-refractivity contribution is 4.86. The third kappa shape index (κ3) is 4.19. The summed E-state index contributed by atoms with van der Waals surface area (Å²) in [7, 11) is 4.34. The molecule has 4 heteroatoms. The minimum Gasteiger partial charge on any atom is -0.389 e. The predicted octanol–water partition coefficient (Wildman–Crippen LogP) is 0.471. The first-order valence-electron chi connectivity index (χ1n) is 7.39. The molecule has 0 radical (unpaired) electrons.